The van der Waals surface area contributed by atoms with Crippen LogP contribution in [-0.4, -0.2) is 35.6 Å². The van der Waals surface area contributed by atoms with Gasteiger partial charge in [0.15, 0.2) is 0 Å². The zero-order chi connectivity index (χ0) is 15.1. The molecule has 0 atom stereocenters. The van der Waals surface area contributed by atoms with E-state index in [-0.39, 0.29) is 17.8 Å². The summed E-state index contributed by atoms with van der Waals surface area (Å²) in [5.74, 6) is -0.529. The van der Waals surface area contributed by atoms with Crippen molar-refractivity contribution in [2.75, 3.05) is 14.2 Å². The summed E-state index contributed by atoms with van der Waals surface area (Å²) in [6.45, 7) is 0. The Morgan fingerprint density at radius 1 is 1.43 bits per heavy atom. The van der Waals surface area contributed by atoms with Crippen molar-refractivity contribution in [3.05, 3.63) is 28.5 Å². The normalized spacial score (nSPS) is 14.2. The standard InChI is InChI=1S/C14H14ClN3O3/c1-16-13(19)8-5-10-11(6-9(8)15)18(7-3-4-7)12(17-10)14(20)21-2/h5-7H,3-4H2,1-2H3,(H,16,19). The van der Waals surface area contributed by atoms with Crippen LogP contribution in [0.4, 0.5) is 0 Å². The van der Waals surface area contributed by atoms with E-state index in [4.69, 9.17) is 16.3 Å². The molecule has 1 fully saturated rings. The monoisotopic (exact) mass is 307 g/mol. The van der Waals surface area contributed by atoms with Crippen molar-refractivity contribution in [1.29, 1.82) is 0 Å². The molecule has 1 N–H and O–H groups in total. The van der Waals surface area contributed by atoms with Crippen molar-refractivity contribution in [3.8, 4) is 0 Å². The lowest BCUT2D eigenvalue weighted by atomic mass is 10.2. The first-order valence-corrected chi connectivity index (χ1v) is 6.96. The lowest BCUT2D eigenvalue weighted by Crippen LogP contribution is -2.18. The Morgan fingerprint density at radius 3 is 2.71 bits per heavy atom. The van der Waals surface area contributed by atoms with Gasteiger partial charge in [-0.05, 0) is 25.0 Å². The number of imidazole rings is 1. The summed E-state index contributed by atoms with van der Waals surface area (Å²) in [4.78, 5) is 28.0. The van der Waals surface area contributed by atoms with Crippen molar-refractivity contribution in [3.63, 3.8) is 0 Å². The van der Waals surface area contributed by atoms with Gasteiger partial charge in [-0.15, -0.1) is 0 Å². The number of nitrogens with zero attached hydrogens (tertiary/aromatic N) is 2. The Hall–Kier alpha value is -2.08. The van der Waals surface area contributed by atoms with Crippen LogP contribution >= 0.6 is 11.6 Å². The average Bonchev–Trinajstić information content (AvgIpc) is 3.26. The summed E-state index contributed by atoms with van der Waals surface area (Å²) < 4.78 is 6.63. The van der Waals surface area contributed by atoms with Crippen molar-refractivity contribution in [1.82, 2.24) is 14.9 Å². The van der Waals surface area contributed by atoms with Crippen LogP contribution in [0.25, 0.3) is 11.0 Å². The summed E-state index contributed by atoms with van der Waals surface area (Å²) in [5, 5.41) is 2.86. The van der Waals surface area contributed by atoms with Gasteiger partial charge in [-0.25, -0.2) is 9.78 Å². The number of benzene rings is 1. The molecule has 1 aromatic carbocycles. The third kappa shape index (κ3) is 2.25. The van der Waals surface area contributed by atoms with Crippen LogP contribution in [0.3, 0.4) is 0 Å². The molecule has 1 saturated carbocycles. The van der Waals surface area contributed by atoms with Gasteiger partial charge in [-0.1, -0.05) is 11.6 Å². The number of nitrogens with one attached hydrogen (secondary N) is 1. The molecule has 3 rings (SSSR count). The van der Waals surface area contributed by atoms with Gasteiger partial charge in [-0.2, -0.15) is 0 Å². The number of carbonyl (C=O) groups excluding carboxylic acids is 2. The minimum atomic E-state index is -0.490. The number of esters is 1. The fourth-order valence-corrected chi connectivity index (χ4v) is 2.61. The largest absolute Gasteiger partial charge is 0.463 e. The molecule has 6 nitrogen and oxygen atoms in total. The van der Waals surface area contributed by atoms with Gasteiger partial charge < -0.3 is 14.6 Å². The Bertz CT molecular complexity index is 749. The fraction of sp³-hybridized carbons (Fsp3) is 0.357. The lowest BCUT2D eigenvalue weighted by Gasteiger charge is -2.07. The number of ether oxygens (including phenoxy) is 1. The molecule has 0 aliphatic heterocycles. The maximum Gasteiger partial charge on any atom is 0.374 e. The highest BCUT2D eigenvalue weighted by molar-refractivity contribution is 6.34. The lowest BCUT2D eigenvalue weighted by molar-refractivity contribution is 0.0581. The molecular formula is C14H14ClN3O3. The van der Waals surface area contributed by atoms with Gasteiger partial charge >= 0.3 is 5.97 Å². The van der Waals surface area contributed by atoms with Crippen molar-refractivity contribution >= 4 is 34.5 Å². The number of fused-ring (bicyclic) bond motifs is 1. The maximum absolute atomic E-state index is 11.9. The van der Waals surface area contributed by atoms with Gasteiger partial charge in [0.25, 0.3) is 5.91 Å². The molecule has 1 aromatic heterocycles. The molecule has 110 valence electrons. The van der Waals surface area contributed by atoms with Gasteiger partial charge in [0.1, 0.15) is 0 Å². The summed E-state index contributed by atoms with van der Waals surface area (Å²) >= 11 is 6.18. The highest BCUT2D eigenvalue weighted by Crippen LogP contribution is 2.39. The third-order valence-corrected chi connectivity index (χ3v) is 3.84. The van der Waals surface area contributed by atoms with E-state index in [1.807, 2.05) is 4.57 Å². The molecule has 0 bridgehead atoms. The first-order valence-electron chi connectivity index (χ1n) is 6.58. The molecule has 7 heteroatoms. The molecule has 1 amide bonds. The second-order valence-electron chi connectivity index (χ2n) is 4.93. The van der Waals surface area contributed by atoms with Crippen LogP contribution in [-0.2, 0) is 4.74 Å². The maximum atomic E-state index is 11.9. The zero-order valence-corrected chi connectivity index (χ0v) is 12.4. The Morgan fingerprint density at radius 2 is 2.14 bits per heavy atom. The first-order chi connectivity index (χ1) is 10.1. The molecule has 1 heterocycles. The SMILES string of the molecule is CNC(=O)c1cc2nc(C(=O)OC)n(C3CC3)c2cc1Cl. The summed E-state index contributed by atoms with van der Waals surface area (Å²) in [7, 11) is 2.85. The predicted octanol–water partition coefficient (Wildman–Crippen LogP) is 2.17. The topological polar surface area (TPSA) is 73.2 Å². The van der Waals surface area contributed by atoms with E-state index in [0.717, 1.165) is 18.4 Å². The summed E-state index contributed by atoms with van der Waals surface area (Å²) in [6, 6.07) is 3.52. The molecule has 1 aliphatic carbocycles. The highest BCUT2D eigenvalue weighted by atomic mass is 35.5. The molecule has 0 unspecified atom stereocenters. The first kappa shape index (κ1) is 13.9. The number of hydrogen-bond acceptors (Lipinski definition) is 4. The van der Waals surface area contributed by atoms with Crippen LogP contribution in [0, 0.1) is 0 Å². The molecule has 0 radical (unpaired) electrons. The zero-order valence-electron chi connectivity index (χ0n) is 11.6. The number of halogens is 1. The molecule has 1 aliphatic rings. The van der Waals surface area contributed by atoms with E-state index in [2.05, 4.69) is 10.3 Å². The van der Waals surface area contributed by atoms with E-state index in [0.29, 0.717) is 16.1 Å². The van der Waals surface area contributed by atoms with Crippen LogP contribution in [0.2, 0.25) is 5.02 Å². The second-order valence-corrected chi connectivity index (χ2v) is 5.34. The van der Waals surface area contributed by atoms with Gasteiger partial charge in [0, 0.05) is 13.1 Å². The number of carbonyl (C=O) groups is 2. The number of hydrogen-bond donors (Lipinski definition) is 1. The minimum Gasteiger partial charge on any atom is -0.463 e. The number of methoxy groups -OCH3 is 1. The Kier molecular flexibility index (Phi) is 3.33. The summed E-state index contributed by atoms with van der Waals surface area (Å²) in [5.41, 5.74) is 1.64. The van der Waals surface area contributed by atoms with Gasteiger partial charge in [0.05, 0.1) is 28.7 Å². The smallest absolute Gasteiger partial charge is 0.374 e. The van der Waals surface area contributed by atoms with Gasteiger partial charge in [0.2, 0.25) is 5.82 Å². The van der Waals surface area contributed by atoms with E-state index < -0.39 is 5.97 Å². The van der Waals surface area contributed by atoms with Crippen LogP contribution in [0.5, 0.6) is 0 Å². The highest BCUT2D eigenvalue weighted by Gasteiger charge is 2.31. The Balaban J connectivity index is 2.24. The van der Waals surface area contributed by atoms with E-state index in [1.165, 1.54) is 14.2 Å². The Labute approximate surface area is 126 Å². The fourth-order valence-electron chi connectivity index (χ4n) is 2.36. The molecule has 0 saturated heterocycles. The molecular weight excluding hydrogens is 294 g/mol. The van der Waals surface area contributed by atoms with Crippen molar-refractivity contribution in [2.45, 2.75) is 18.9 Å². The number of rotatable bonds is 3. The molecule has 0 spiro atoms. The van der Waals surface area contributed by atoms with Gasteiger partial charge in [-0.3, -0.25) is 4.79 Å². The minimum absolute atomic E-state index is 0.242. The van der Waals surface area contributed by atoms with E-state index >= 15 is 0 Å². The number of amides is 1. The average molecular weight is 308 g/mol. The molecule has 2 aromatic rings. The number of aromatic nitrogens is 2. The van der Waals surface area contributed by atoms with E-state index in [9.17, 15) is 9.59 Å². The van der Waals surface area contributed by atoms with Crippen molar-refractivity contribution < 1.29 is 14.3 Å². The predicted molar refractivity (Wildman–Crippen MR) is 77.7 cm³/mol. The third-order valence-electron chi connectivity index (χ3n) is 3.53. The van der Waals surface area contributed by atoms with Crippen LogP contribution in [0.15, 0.2) is 12.1 Å². The van der Waals surface area contributed by atoms with Crippen LogP contribution in [0.1, 0.15) is 39.9 Å². The van der Waals surface area contributed by atoms with Crippen molar-refractivity contribution in [2.24, 2.45) is 0 Å². The quantitative estimate of drug-likeness (QED) is 0.882. The van der Waals surface area contributed by atoms with Crippen LogP contribution < -0.4 is 5.32 Å². The van der Waals surface area contributed by atoms with E-state index in [1.54, 1.807) is 12.1 Å². The second kappa shape index (κ2) is 5.04. The summed E-state index contributed by atoms with van der Waals surface area (Å²) in [6.07, 6.45) is 1.98. The molecule has 21 heavy (non-hydrogen) atoms.